The van der Waals surface area contributed by atoms with E-state index < -0.39 is 0 Å². The predicted molar refractivity (Wildman–Crippen MR) is 69.3 cm³/mol. The molecule has 0 aliphatic carbocycles. The first kappa shape index (κ1) is 12.9. The highest BCUT2D eigenvalue weighted by molar-refractivity contribution is 5.53. The van der Waals surface area contributed by atoms with Gasteiger partial charge in [0.1, 0.15) is 0 Å². The normalized spacial score (nSPS) is 13.9. The summed E-state index contributed by atoms with van der Waals surface area (Å²) in [6.07, 6.45) is 2.21. The second kappa shape index (κ2) is 6.46. The van der Waals surface area contributed by atoms with Gasteiger partial charge in [0.05, 0.1) is 6.61 Å². The molecule has 0 saturated carbocycles. The monoisotopic (exact) mass is 219 g/mol. The Morgan fingerprint density at radius 1 is 1.38 bits per heavy atom. The molecule has 0 radical (unpaired) electrons. The van der Waals surface area contributed by atoms with Crippen LogP contribution in [-0.2, 0) is 11.3 Å². The van der Waals surface area contributed by atoms with Gasteiger partial charge in [-0.15, -0.1) is 0 Å². The zero-order valence-corrected chi connectivity index (χ0v) is 10.6. The first-order valence-electron chi connectivity index (χ1n) is 5.60. The largest absolute Gasteiger partial charge is 0.380 e. The van der Waals surface area contributed by atoms with Crippen molar-refractivity contribution in [1.29, 1.82) is 0 Å². The average Bonchev–Trinajstić information content (AvgIpc) is 2.31. The molecule has 16 heavy (non-hydrogen) atoms. The highest BCUT2D eigenvalue weighted by Gasteiger charge is 2.00. The third kappa shape index (κ3) is 3.80. The molecule has 1 aromatic carbocycles. The second-order valence-electron chi connectivity index (χ2n) is 4.07. The van der Waals surface area contributed by atoms with Gasteiger partial charge in [-0.25, -0.2) is 0 Å². The number of nitrogens with one attached hydrogen (secondary N) is 1. The van der Waals surface area contributed by atoms with Crippen LogP contribution in [0.4, 0.5) is 0 Å². The lowest BCUT2D eigenvalue weighted by Crippen LogP contribution is -2.21. The van der Waals surface area contributed by atoms with Crippen LogP contribution in [-0.4, -0.2) is 20.2 Å². The molecular formula is C14H21NO. The lowest BCUT2D eigenvalue weighted by atomic mass is 10.1. The molecule has 0 aromatic heterocycles. The topological polar surface area (TPSA) is 21.3 Å². The molecule has 1 rings (SSSR count). The van der Waals surface area contributed by atoms with Crippen LogP contribution in [0, 0.1) is 0 Å². The third-order valence-corrected chi connectivity index (χ3v) is 2.80. The molecule has 1 N–H and O–H groups in total. The van der Waals surface area contributed by atoms with Gasteiger partial charge >= 0.3 is 0 Å². The van der Waals surface area contributed by atoms with Crippen LogP contribution in [0.25, 0.3) is 6.08 Å². The van der Waals surface area contributed by atoms with Crippen LogP contribution >= 0.6 is 0 Å². The summed E-state index contributed by atoms with van der Waals surface area (Å²) in [6, 6.07) is 8.87. The van der Waals surface area contributed by atoms with Crippen molar-refractivity contribution in [1.82, 2.24) is 5.32 Å². The van der Waals surface area contributed by atoms with Crippen molar-refractivity contribution in [3.8, 4) is 0 Å². The Morgan fingerprint density at radius 2 is 2.00 bits per heavy atom. The molecule has 0 saturated heterocycles. The molecule has 1 unspecified atom stereocenters. The number of hydrogen-bond donors (Lipinski definition) is 1. The van der Waals surface area contributed by atoms with Gasteiger partial charge in [0.25, 0.3) is 0 Å². The van der Waals surface area contributed by atoms with Gasteiger partial charge in [0, 0.05) is 13.2 Å². The van der Waals surface area contributed by atoms with Crippen LogP contribution in [0.15, 0.2) is 29.8 Å². The van der Waals surface area contributed by atoms with Gasteiger partial charge in [-0.05, 0) is 32.0 Å². The highest BCUT2D eigenvalue weighted by Crippen LogP contribution is 2.11. The number of hydrogen-bond acceptors (Lipinski definition) is 2. The molecule has 0 bridgehead atoms. The maximum absolute atomic E-state index is 5.08. The van der Waals surface area contributed by atoms with Crippen LogP contribution < -0.4 is 5.32 Å². The summed E-state index contributed by atoms with van der Waals surface area (Å²) in [7, 11) is 3.69. The standard InChI is InChI=1S/C14H21NO/c1-11(12(2)15-3)9-13-5-7-14(8-6-13)10-16-4/h5-9,12,15H,10H2,1-4H3/b11-9+. The van der Waals surface area contributed by atoms with E-state index in [-0.39, 0.29) is 0 Å². The Kier molecular flexibility index (Phi) is 5.23. The molecule has 0 fully saturated rings. The van der Waals surface area contributed by atoms with E-state index in [0.29, 0.717) is 12.6 Å². The number of ether oxygens (including phenoxy) is 1. The SMILES string of the molecule is CNC(C)/C(C)=C/c1ccc(COC)cc1. The Morgan fingerprint density at radius 3 is 2.50 bits per heavy atom. The van der Waals surface area contributed by atoms with Gasteiger partial charge in [0.15, 0.2) is 0 Å². The van der Waals surface area contributed by atoms with Crippen molar-refractivity contribution in [3.05, 3.63) is 41.0 Å². The predicted octanol–water partition coefficient (Wildman–Crippen LogP) is 2.84. The molecule has 2 heteroatoms. The van der Waals surface area contributed by atoms with E-state index in [4.69, 9.17) is 4.74 Å². The molecular weight excluding hydrogens is 198 g/mol. The summed E-state index contributed by atoms with van der Waals surface area (Å²) in [5.41, 5.74) is 3.78. The summed E-state index contributed by atoms with van der Waals surface area (Å²) in [4.78, 5) is 0. The lowest BCUT2D eigenvalue weighted by molar-refractivity contribution is 0.185. The zero-order valence-electron chi connectivity index (χ0n) is 10.6. The van der Waals surface area contributed by atoms with Crippen molar-refractivity contribution >= 4 is 6.08 Å². The summed E-state index contributed by atoms with van der Waals surface area (Å²) in [5.74, 6) is 0. The van der Waals surface area contributed by atoms with E-state index in [1.54, 1.807) is 7.11 Å². The highest BCUT2D eigenvalue weighted by atomic mass is 16.5. The lowest BCUT2D eigenvalue weighted by Gasteiger charge is -2.10. The smallest absolute Gasteiger partial charge is 0.0713 e. The fourth-order valence-corrected chi connectivity index (χ4v) is 1.49. The van der Waals surface area contributed by atoms with Crippen molar-refractivity contribution in [2.45, 2.75) is 26.5 Å². The van der Waals surface area contributed by atoms with Crippen LogP contribution in [0.3, 0.4) is 0 Å². The Balaban J connectivity index is 2.74. The van der Waals surface area contributed by atoms with Crippen LogP contribution in [0.1, 0.15) is 25.0 Å². The van der Waals surface area contributed by atoms with Crippen molar-refractivity contribution in [3.63, 3.8) is 0 Å². The molecule has 0 amide bonds. The number of likely N-dealkylation sites (N-methyl/N-ethyl adjacent to an activating group) is 1. The van der Waals surface area contributed by atoms with Crippen LogP contribution in [0.5, 0.6) is 0 Å². The Labute approximate surface area is 98.3 Å². The maximum atomic E-state index is 5.08. The minimum Gasteiger partial charge on any atom is -0.380 e. The summed E-state index contributed by atoms with van der Waals surface area (Å²) >= 11 is 0. The van der Waals surface area contributed by atoms with Gasteiger partial charge in [-0.3, -0.25) is 0 Å². The third-order valence-electron chi connectivity index (χ3n) is 2.80. The van der Waals surface area contributed by atoms with Crippen molar-refractivity contribution in [2.24, 2.45) is 0 Å². The number of methoxy groups -OCH3 is 1. The van der Waals surface area contributed by atoms with Crippen molar-refractivity contribution < 1.29 is 4.74 Å². The van der Waals surface area contributed by atoms with E-state index in [2.05, 4.69) is 49.5 Å². The molecule has 1 atom stereocenters. The van der Waals surface area contributed by atoms with E-state index in [1.807, 2.05) is 7.05 Å². The minimum atomic E-state index is 0.415. The molecule has 0 heterocycles. The molecule has 0 aliphatic rings. The van der Waals surface area contributed by atoms with Gasteiger partial charge in [-0.1, -0.05) is 35.9 Å². The summed E-state index contributed by atoms with van der Waals surface area (Å²) in [6.45, 7) is 4.98. The van der Waals surface area contributed by atoms with E-state index in [9.17, 15) is 0 Å². The van der Waals surface area contributed by atoms with E-state index in [1.165, 1.54) is 16.7 Å². The Bertz CT molecular complexity index is 340. The number of rotatable bonds is 5. The zero-order chi connectivity index (χ0) is 12.0. The van der Waals surface area contributed by atoms with Gasteiger partial charge in [-0.2, -0.15) is 0 Å². The first-order valence-corrected chi connectivity index (χ1v) is 5.60. The fraction of sp³-hybridized carbons (Fsp3) is 0.429. The molecule has 0 aliphatic heterocycles. The Hall–Kier alpha value is -1.12. The number of benzene rings is 1. The van der Waals surface area contributed by atoms with Gasteiger partial charge < -0.3 is 10.1 Å². The van der Waals surface area contributed by atoms with Gasteiger partial charge in [0.2, 0.25) is 0 Å². The maximum Gasteiger partial charge on any atom is 0.0713 e. The van der Waals surface area contributed by atoms with Crippen LogP contribution in [0.2, 0.25) is 0 Å². The quantitative estimate of drug-likeness (QED) is 0.822. The molecule has 88 valence electrons. The van der Waals surface area contributed by atoms with Crippen molar-refractivity contribution in [2.75, 3.05) is 14.2 Å². The molecule has 0 spiro atoms. The summed E-state index contributed by atoms with van der Waals surface area (Å²) < 4.78 is 5.08. The molecule has 1 aromatic rings. The van der Waals surface area contributed by atoms with E-state index in [0.717, 1.165) is 0 Å². The second-order valence-corrected chi connectivity index (χ2v) is 4.07. The fourth-order valence-electron chi connectivity index (χ4n) is 1.49. The molecule has 2 nitrogen and oxygen atoms in total. The average molecular weight is 219 g/mol. The summed E-state index contributed by atoms with van der Waals surface area (Å²) in [5, 5.41) is 3.23. The van der Waals surface area contributed by atoms with E-state index >= 15 is 0 Å². The first-order chi connectivity index (χ1) is 7.67. The minimum absolute atomic E-state index is 0.415.